The van der Waals surface area contributed by atoms with E-state index >= 15 is 0 Å². The van der Waals surface area contributed by atoms with E-state index in [1.807, 2.05) is 0 Å². The lowest BCUT2D eigenvalue weighted by Gasteiger charge is -2.05. The van der Waals surface area contributed by atoms with E-state index in [9.17, 15) is 14.9 Å². The maximum absolute atomic E-state index is 11.3. The summed E-state index contributed by atoms with van der Waals surface area (Å²) in [6, 6.07) is 4.28. The van der Waals surface area contributed by atoms with Gasteiger partial charge in [0.15, 0.2) is 0 Å². The van der Waals surface area contributed by atoms with Gasteiger partial charge in [0.25, 0.3) is 5.69 Å². The van der Waals surface area contributed by atoms with E-state index in [1.165, 1.54) is 26.2 Å². The molecule has 0 radical (unpaired) electrons. The highest BCUT2D eigenvalue weighted by atomic mass is 16.6. The van der Waals surface area contributed by atoms with Gasteiger partial charge in [-0.2, -0.15) is 5.26 Å². The minimum Gasteiger partial charge on any atom is -0.465 e. The summed E-state index contributed by atoms with van der Waals surface area (Å²) in [7, 11) is 1.19. The predicted octanol–water partition coefficient (Wildman–Crippen LogP) is 1.56. The smallest absolute Gasteiger partial charge is 0.338 e. The molecule has 0 aliphatic heterocycles. The summed E-state index contributed by atoms with van der Waals surface area (Å²) in [5.74, 6) is -0.662. The molecule has 0 aromatic heterocycles. The van der Waals surface area contributed by atoms with Gasteiger partial charge in [0.1, 0.15) is 11.6 Å². The molecule has 0 atom stereocenters. The summed E-state index contributed by atoms with van der Waals surface area (Å²) in [5, 5.41) is 19.5. The lowest BCUT2D eigenvalue weighted by Crippen LogP contribution is -2.07. The van der Waals surface area contributed by atoms with Crippen molar-refractivity contribution in [2.45, 2.75) is 6.92 Å². The Bertz CT molecular complexity index is 502. The lowest BCUT2D eigenvalue weighted by atomic mass is 10.0. The molecule has 0 fully saturated rings. The highest BCUT2D eigenvalue weighted by molar-refractivity contribution is 5.92. The number of nitrogens with zero attached hydrogens (tertiary/aromatic N) is 2. The third kappa shape index (κ3) is 1.83. The van der Waals surface area contributed by atoms with Crippen LogP contribution in [-0.2, 0) is 4.74 Å². The van der Waals surface area contributed by atoms with Gasteiger partial charge in [0.05, 0.1) is 17.6 Å². The molecular weight excluding hydrogens is 212 g/mol. The molecule has 0 aliphatic carbocycles. The van der Waals surface area contributed by atoms with Crippen molar-refractivity contribution in [3.05, 3.63) is 38.9 Å². The molecule has 16 heavy (non-hydrogen) atoms. The fraction of sp³-hybridized carbons (Fsp3) is 0.200. The molecule has 0 saturated heterocycles. The lowest BCUT2D eigenvalue weighted by molar-refractivity contribution is -0.385. The monoisotopic (exact) mass is 220 g/mol. The van der Waals surface area contributed by atoms with Crippen LogP contribution in [0.2, 0.25) is 0 Å². The number of hydrogen-bond donors (Lipinski definition) is 0. The number of methoxy groups -OCH3 is 1. The van der Waals surface area contributed by atoms with Gasteiger partial charge in [-0.3, -0.25) is 10.1 Å². The Morgan fingerprint density at radius 2 is 2.19 bits per heavy atom. The number of benzene rings is 1. The number of nitriles is 1. The first-order valence-electron chi connectivity index (χ1n) is 4.29. The SMILES string of the molecule is COC(=O)c1ccc(C#N)c([N+](=O)[O-])c1C. The van der Waals surface area contributed by atoms with Crippen LogP contribution in [-0.4, -0.2) is 18.0 Å². The number of carbonyl (C=O) groups excluding carboxylic acids is 1. The molecule has 0 unspecified atom stereocenters. The predicted molar refractivity (Wildman–Crippen MR) is 53.9 cm³/mol. The third-order valence-electron chi connectivity index (χ3n) is 2.14. The number of ether oxygens (including phenoxy) is 1. The van der Waals surface area contributed by atoms with Crippen molar-refractivity contribution < 1.29 is 14.5 Å². The fourth-order valence-corrected chi connectivity index (χ4v) is 1.36. The van der Waals surface area contributed by atoms with Gasteiger partial charge < -0.3 is 4.74 Å². The van der Waals surface area contributed by atoms with Gasteiger partial charge in [-0.25, -0.2) is 4.79 Å². The minimum absolute atomic E-state index is 0.0739. The van der Waals surface area contributed by atoms with E-state index in [4.69, 9.17) is 5.26 Å². The van der Waals surface area contributed by atoms with Crippen LogP contribution in [0, 0.1) is 28.4 Å². The van der Waals surface area contributed by atoms with Crippen molar-refractivity contribution in [1.82, 2.24) is 0 Å². The van der Waals surface area contributed by atoms with Crippen molar-refractivity contribution in [2.75, 3.05) is 7.11 Å². The number of esters is 1. The van der Waals surface area contributed by atoms with E-state index in [2.05, 4.69) is 4.74 Å². The van der Waals surface area contributed by atoms with Gasteiger partial charge in [0.2, 0.25) is 0 Å². The maximum Gasteiger partial charge on any atom is 0.338 e. The molecule has 6 heteroatoms. The zero-order valence-corrected chi connectivity index (χ0v) is 8.68. The molecular formula is C10H8N2O4. The number of rotatable bonds is 2. The number of hydrogen-bond acceptors (Lipinski definition) is 5. The Labute approximate surface area is 91.2 Å². The van der Waals surface area contributed by atoms with Crippen molar-refractivity contribution in [3.63, 3.8) is 0 Å². The molecule has 0 amide bonds. The summed E-state index contributed by atoms with van der Waals surface area (Å²) < 4.78 is 4.48. The molecule has 1 rings (SSSR count). The molecule has 0 heterocycles. The van der Waals surface area contributed by atoms with Crippen molar-refractivity contribution >= 4 is 11.7 Å². The summed E-state index contributed by atoms with van der Waals surface area (Å²) in [5.41, 5.74) is -0.204. The van der Waals surface area contributed by atoms with Crippen LogP contribution in [0.4, 0.5) is 5.69 Å². The Morgan fingerprint density at radius 3 is 2.62 bits per heavy atom. The van der Waals surface area contributed by atoms with E-state index in [1.54, 1.807) is 6.07 Å². The van der Waals surface area contributed by atoms with Gasteiger partial charge in [-0.15, -0.1) is 0 Å². The van der Waals surface area contributed by atoms with Gasteiger partial charge in [-0.1, -0.05) is 0 Å². The second-order valence-corrected chi connectivity index (χ2v) is 2.99. The first kappa shape index (κ1) is 11.7. The van der Waals surface area contributed by atoms with E-state index in [-0.39, 0.29) is 22.4 Å². The fourth-order valence-electron chi connectivity index (χ4n) is 1.36. The first-order chi connectivity index (χ1) is 7.52. The van der Waals surface area contributed by atoms with Gasteiger partial charge in [0, 0.05) is 5.56 Å². The Hall–Kier alpha value is -2.42. The van der Waals surface area contributed by atoms with Crippen molar-refractivity contribution in [3.8, 4) is 6.07 Å². The Kier molecular flexibility index (Phi) is 3.20. The maximum atomic E-state index is 11.3. The summed E-state index contributed by atoms with van der Waals surface area (Å²) >= 11 is 0. The second-order valence-electron chi connectivity index (χ2n) is 2.99. The standard InChI is InChI=1S/C10H8N2O4/c1-6-8(10(13)16-2)4-3-7(5-11)9(6)12(14)15/h3-4H,1-2H3. The molecule has 0 spiro atoms. The second kappa shape index (κ2) is 4.40. The van der Waals surface area contributed by atoms with E-state index in [0.717, 1.165) is 0 Å². The number of carbonyl (C=O) groups is 1. The molecule has 82 valence electrons. The molecule has 0 bridgehead atoms. The topological polar surface area (TPSA) is 93.2 Å². The van der Waals surface area contributed by atoms with Crippen LogP contribution < -0.4 is 0 Å². The van der Waals surface area contributed by atoms with Crippen LogP contribution in [0.15, 0.2) is 12.1 Å². The van der Waals surface area contributed by atoms with E-state index < -0.39 is 10.9 Å². The Balaban J connectivity index is 3.51. The quantitative estimate of drug-likeness (QED) is 0.428. The third-order valence-corrected chi connectivity index (χ3v) is 2.14. The highest BCUT2D eigenvalue weighted by Crippen LogP contribution is 2.26. The van der Waals surface area contributed by atoms with Crippen LogP contribution in [0.25, 0.3) is 0 Å². The van der Waals surface area contributed by atoms with Crippen LogP contribution in [0.5, 0.6) is 0 Å². The molecule has 6 nitrogen and oxygen atoms in total. The van der Waals surface area contributed by atoms with Crippen LogP contribution in [0.3, 0.4) is 0 Å². The summed E-state index contributed by atoms with van der Waals surface area (Å²) in [4.78, 5) is 21.4. The van der Waals surface area contributed by atoms with Gasteiger partial charge in [-0.05, 0) is 19.1 Å². The van der Waals surface area contributed by atoms with Crippen molar-refractivity contribution in [2.24, 2.45) is 0 Å². The zero-order valence-electron chi connectivity index (χ0n) is 8.68. The number of nitro groups is 1. The number of nitro benzene ring substituents is 1. The summed E-state index contributed by atoms with van der Waals surface area (Å²) in [6.07, 6.45) is 0. The molecule has 0 N–H and O–H groups in total. The van der Waals surface area contributed by atoms with Crippen LogP contribution in [0.1, 0.15) is 21.5 Å². The highest BCUT2D eigenvalue weighted by Gasteiger charge is 2.23. The van der Waals surface area contributed by atoms with Gasteiger partial charge >= 0.3 is 5.97 Å². The molecule has 1 aromatic rings. The normalized spacial score (nSPS) is 9.31. The van der Waals surface area contributed by atoms with Crippen molar-refractivity contribution in [1.29, 1.82) is 5.26 Å². The first-order valence-corrected chi connectivity index (χ1v) is 4.29. The molecule has 0 saturated carbocycles. The van der Waals surface area contributed by atoms with E-state index in [0.29, 0.717) is 0 Å². The molecule has 1 aromatic carbocycles. The summed E-state index contributed by atoms with van der Waals surface area (Å²) in [6.45, 7) is 1.41. The minimum atomic E-state index is -0.680. The molecule has 0 aliphatic rings. The zero-order chi connectivity index (χ0) is 12.3. The largest absolute Gasteiger partial charge is 0.465 e. The van der Waals surface area contributed by atoms with Crippen LogP contribution >= 0.6 is 0 Å². The Morgan fingerprint density at radius 1 is 1.56 bits per heavy atom. The average Bonchev–Trinajstić information content (AvgIpc) is 2.26. The average molecular weight is 220 g/mol.